The lowest BCUT2D eigenvalue weighted by molar-refractivity contribution is 0.102. The molecule has 4 rings (SSSR count). The Balaban J connectivity index is 1.48. The number of thiophene rings is 1. The fraction of sp³-hybridized carbons (Fsp3) is 0.125. The summed E-state index contributed by atoms with van der Waals surface area (Å²) >= 11 is 1.38. The van der Waals surface area contributed by atoms with Crippen LogP contribution in [-0.2, 0) is 13.0 Å². The minimum absolute atomic E-state index is 0.172. The predicted molar refractivity (Wildman–Crippen MR) is 124 cm³/mol. The van der Waals surface area contributed by atoms with Crippen LogP contribution < -0.4 is 10.6 Å². The first kappa shape index (κ1) is 20.6. The highest BCUT2D eigenvalue weighted by molar-refractivity contribution is 7.12. The number of aromatic nitrogens is 2. The molecule has 2 N–H and O–H groups in total. The van der Waals surface area contributed by atoms with E-state index in [1.54, 1.807) is 36.5 Å². The van der Waals surface area contributed by atoms with Crippen LogP contribution in [0.25, 0.3) is 0 Å². The molecule has 2 heterocycles. The van der Waals surface area contributed by atoms with Crippen molar-refractivity contribution in [1.82, 2.24) is 9.78 Å². The van der Waals surface area contributed by atoms with E-state index in [9.17, 15) is 9.59 Å². The van der Waals surface area contributed by atoms with Crippen molar-refractivity contribution in [2.24, 2.45) is 0 Å². The normalized spacial score (nSPS) is 10.6. The van der Waals surface area contributed by atoms with Gasteiger partial charge in [0.1, 0.15) is 0 Å². The lowest BCUT2D eigenvalue weighted by Gasteiger charge is -2.10. The van der Waals surface area contributed by atoms with E-state index in [2.05, 4.69) is 15.7 Å². The van der Waals surface area contributed by atoms with Gasteiger partial charge in [0.15, 0.2) is 0 Å². The van der Waals surface area contributed by atoms with E-state index >= 15 is 0 Å². The highest BCUT2D eigenvalue weighted by Crippen LogP contribution is 2.20. The minimum atomic E-state index is -0.224. The number of hydrogen-bond acceptors (Lipinski definition) is 4. The lowest BCUT2D eigenvalue weighted by Crippen LogP contribution is -2.15. The number of amides is 2. The molecule has 0 atom stereocenters. The van der Waals surface area contributed by atoms with Crippen LogP contribution in [0, 0.1) is 0 Å². The molecule has 2 aromatic heterocycles. The molecule has 0 bridgehead atoms. The standard InChI is InChI=1S/C24H22N4O2S/c1-2-21-20(15-25-28(21)16-17-8-4-3-5-9-17)23(29)26-18-10-6-11-19(14-18)27-24(30)22-12-7-13-31-22/h3-15H,2,16H2,1H3,(H,26,29)(H,27,30). The molecule has 0 aliphatic rings. The van der Waals surface area contributed by atoms with Gasteiger partial charge in [-0.15, -0.1) is 11.3 Å². The summed E-state index contributed by atoms with van der Waals surface area (Å²) in [5.74, 6) is -0.396. The molecule has 0 radical (unpaired) electrons. The van der Waals surface area contributed by atoms with Gasteiger partial charge in [0.05, 0.1) is 28.9 Å². The summed E-state index contributed by atoms with van der Waals surface area (Å²) in [6.45, 7) is 2.62. The van der Waals surface area contributed by atoms with Crippen LogP contribution in [0.1, 0.15) is 38.2 Å². The van der Waals surface area contributed by atoms with Gasteiger partial charge in [-0.25, -0.2) is 0 Å². The van der Waals surface area contributed by atoms with Crippen LogP contribution in [0.3, 0.4) is 0 Å². The average molecular weight is 431 g/mol. The van der Waals surface area contributed by atoms with Crippen molar-refractivity contribution >= 4 is 34.5 Å². The molecule has 156 valence electrons. The summed E-state index contributed by atoms with van der Waals surface area (Å²) in [5, 5.41) is 12.1. The maximum absolute atomic E-state index is 12.9. The second kappa shape index (κ2) is 9.40. The van der Waals surface area contributed by atoms with E-state index in [1.165, 1.54) is 11.3 Å². The predicted octanol–water partition coefficient (Wildman–Crippen LogP) is 5.06. The van der Waals surface area contributed by atoms with Gasteiger partial charge in [0.25, 0.3) is 11.8 Å². The SMILES string of the molecule is CCc1c(C(=O)Nc2cccc(NC(=O)c3cccs3)c2)cnn1Cc1ccccc1. The minimum Gasteiger partial charge on any atom is -0.322 e. The fourth-order valence-corrected chi connectivity index (χ4v) is 3.96. The third kappa shape index (κ3) is 4.90. The first-order valence-electron chi connectivity index (χ1n) is 9.99. The van der Waals surface area contributed by atoms with Gasteiger partial charge in [-0.1, -0.05) is 49.4 Å². The van der Waals surface area contributed by atoms with Gasteiger partial charge in [-0.05, 0) is 41.6 Å². The van der Waals surface area contributed by atoms with Crippen LogP contribution >= 0.6 is 11.3 Å². The molecule has 0 unspecified atom stereocenters. The molecule has 7 heteroatoms. The number of rotatable bonds is 7. The maximum Gasteiger partial charge on any atom is 0.265 e. The zero-order valence-corrected chi connectivity index (χ0v) is 17.9. The third-order valence-electron chi connectivity index (χ3n) is 4.83. The number of carbonyl (C=O) groups excluding carboxylic acids is 2. The van der Waals surface area contributed by atoms with E-state index in [1.807, 2.05) is 53.4 Å². The van der Waals surface area contributed by atoms with Gasteiger partial charge in [0.2, 0.25) is 0 Å². The topological polar surface area (TPSA) is 76.0 Å². The van der Waals surface area contributed by atoms with Crippen molar-refractivity contribution < 1.29 is 9.59 Å². The average Bonchev–Trinajstić information content (AvgIpc) is 3.45. The highest BCUT2D eigenvalue weighted by atomic mass is 32.1. The van der Waals surface area contributed by atoms with Gasteiger partial charge in [-0.3, -0.25) is 14.3 Å². The summed E-state index contributed by atoms with van der Waals surface area (Å²) in [5.41, 5.74) is 3.77. The number of hydrogen-bond donors (Lipinski definition) is 2. The van der Waals surface area contributed by atoms with Gasteiger partial charge in [-0.2, -0.15) is 5.10 Å². The van der Waals surface area contributed by atoms with Crippen molar-refractivity contribution in [1.29, 1.82) is 0 Å². The zero-order valence-electron chi connectivity index (χ0n) is 17.0. The molecule has 0 spiro atoms. The van der Waals surface area contributed by atoms with Crippen molar-refractivity contribution in [2.75, 3.05) is 10.6 Å². The van der Waals surface area contributed by atoms with E-state index in [-0.39, 0.29) is 11.8 Å². The van der Waals surface area contributed by atoms with E-state index in [0.29, 0.717) is 34.8 Å². The molecule has 0 aliphatic heterocycles. The van der Waals surface area contributed by atoms with Crippen molar-refractivity contribution in [3.05, 3.63) is 100 Å². The van der Waals surface area contributed by atoms with Gasteiger partial charge >= 0.3 is 0 Å². The second-order valence-corrected chi connectivity index (χ2v) is 7.92. The molecule has 0 saturated heterocycles. The van der Waals surface area contributed by atoms with Crippen molar-refractivity contribution in [2.45, 2.75) is 19.9 Å². The number of anilines is 2. The van der Waals surface area contributed by atoms with E-state index in [0.717, 1.165) is 11.3 Å². The summed E-state index contributed by atoms with van der Waals surface area (Å²) < 4.78 is 1.86. The summed E-state index contributed by atoms with van der Waals surface area (Å²) in [6.07, 6.45) is 2.30. The number of nitrogens with one attached hydrogen (secondary N) is 2. The zero-order chi connectivity index (χ0) is 21.6. The molecule has 0 aliphatic carbocycles. The Morgan fingerprint density at radius 2 is 1.68 bits per heavy atom. The van der Waals surface area contributed by atoms with Crippen LogP contribution in [0.15, 0.2) is 78.3 Å². The molecule has 6 nitrogen and oxygen atoms in total. The summed E-state index contributed by atoms with van der Waals surface area (Å²) in [7, 11) is 0. The third-order valence-corrected chi connectivity index (χ3v) is 5.70. The summed E-state index contributed by atoms with van der Waals surface area (Å²) in [4.78, 5) is 25.8. The Kier molecular flexibility index (Phi) is 6.24. The van der Waals surface area contributed by atoms with Crippen LogP contribution in [0.4, 0.5) is 11.4 Å². The molecular formula is C24H22N4O2S. The smallest absolute Gasteiger partial charge is 0.265 e. The molecule has 4 aromatic rings. The van der Waals surface area contributed by atoms with E-state index in [4.69, 9.17) is 0 Å². The Labute approximate surface area is 184 Å². The van der Waals surface area contributed by atoms with Crippen LogP contribution in [0.2, 0.25) is 0 Å². The number of benzene rings is 2. The Bertz CT molecular complexity index is 1180. The van der Waals surface area contributed by atoms with Gasteiger partial charge in [0, 0.05) is 11.4 Å². The first-order valence-corrected chi connectivity index (χ1v) is 10.9. The second-order valence-electron chi connectivity index (χ2n) is 6.97. The van der Waals surface area contributed by atoms with Crippen LogP contribution in [0.5, 0.6) is 0 Å². The Hall–Kier alpha value is -3.71. The Morgan fingerprint density at radius 3 is 2.35 bits per heavy atom. The largest absolute Gasteiger partial charge is 0.322 e. The molecule has 31 heavy (non-hydrogen) atoms. The first-order chi connectivity index (χ1) is 15.1. The highest BCUT2D eigenvalue weighted by Gasteiger charge is 2.17. The van der Waals surface area contributed by atoms with Crippen molar-refractivity contribution in [3.63, 3.8) is 0 Å². The monoisotopic (exact) mass is 430 g/mol. The molecule has 0 saturated carbocycles. The maximum atomic E-state index is 12.9. The lowest BCUT2D eigenvalue weighted by atomic mass is 10.1. The molecule has 2 amide bonds. The van der Waals surface area contributed by atoms with Crippen molar-refractivity contribution in [3.8, 4) is 0 Å². The number of nitrogens with zero attached hydrogens (tertiary/aromatic N) is 2. The fourth-order valence-electron chi connectivity index (χ4n) is 3.34. The molecular weight excluding hydrogens is 408 g/mol. The number of carbonyl (C=O) groups is 2. The molecule has 2 aromatic carbocycles. The van der Waals surface area contributed by atoms with E-state index < -0.39 is 0 Å². The Morgan fingerprint density at radius 1 is 0.935 bits per heavy atom. The molecule has 0 fully saturated rings. The van der Waals surface area contributed by atoms with Crippen LogP contribution in [-0.4, -0.2) is 21.6 Å². The quantitative estimate of drug-likeness (QED) is 0.430. The van der Waals surface area contributed by atoms with Gasteiger partial charge < -0.3 is 10.6 Å². The summed E-state index contributed by atoms with van der Waals surface area (Å²) in [6, 6.07) is 20.7.